The van der Waals surface area contributed by atoms with Gasteiger partial charge in [-0.25, -0.2) is 4.39 Å². The van der Waals surface area contributed by atoms with E-state index in [2.05, 4.69) is 5.32 Å². The Labute approximate surface area is 113 Å². The first kappa shape index (κ1) is 11.7. The number of aromatic hydroxyl groups is 1. The molecule has 4 rings (SSSR count). The number of hydrogen-bond acceptors (Lipinski definition) is 2. The second-order valence-electron chi connectivity index (χ2n) is 6.61. The minimum Gasteiger partial charge on any atom is -0.508 e. The highest BCUT2D eigenvalue weighted by atomic mass is 19.1. The van der Waals surface area contributed by atoms with Gasteiger partial charge in [0.15, 0.2) is 0 Å². The first-order chi connectivity index (χ1) is 9.15. The Morgan fingerprint density at radius 2 is 1.95 bits per heavy atom. The molecule has 0 amide bonds. The van der Waals surface area contributed by atoms with Crippen LogP contribution < -0.4 is 5.32 Å². The van der Waals surface area contributed by atoms with Crippen LogP contribution in [0, 0.1) is 29.5 Å². The SMILES string of the molecule is CC(NC1C2C3CCC(C3)C12)c1cc(F)ccc1O. The molecule has 0 heterocycles. The van der Waals surface area contributed by atoms with E-state index >= 15 is 0 Å². The fourth-order valence-corrected chi connectivity index (χ4v) is 4.80. The topological polar surface area (TPSA) is 32.3 Å². The van der Waals surface area contributed by atoms with E-state index in [1.165, 1.54) is 37.5 Å². The third-order valence-electron chi connectivity index (χ3n) is 5.63. The van der Waals surface area contributed by atoms with E-state index in [0.717, 1.165) is 23.7 Å². The molecule has 1 aromatic rings. The first-order valence-corrected chi connectivity index (χ1v) is 7.39. The number of fused-ring (bicyclic) bond motifs is 5. The van der Waals surface area contributed by atoms with Gasteiger partial charge in [-0.3, -0.25) is 0 Å². The van der Waals surface area contributed by atoms with Crippen molar-refractivity contribution in [3.05, 3.63) is 29.6 Å². The van der Waals surface area contributed by atoms with Crippen LogP contribution in [0.4, 0.5) is 4.39 Å². The van der Waals surface area contributed by atoms with Crippen LogP contribution in [0.2, 0.25) is 0 Å². The summed E-state index contributed by atoms with van der Waals surface area (Å²) in [5.74, 6) is 3.49. The zero-order valence-electron chi connectivity index (χ0n) is 11.1. The van der Waals surface area contributed by atoms with Gasteiger partial charge >= 0.3 is 0 Å². The molecular formula is C16H20FNO. The standard InChI is InChI=1S/C16H20FNO/c1-8(12-7-11(17)4-5-13(12)19)18-16-14-9-2-3-10(6-9)15(14)16/h4-5,7-10,14-16,18-19H,2-3,6H2,1H3. The smallest absolute Gasteiger partial charge is 0.123 e. The number of phenols is 1. The molecular weight excluding hydrogens is 241 g/mol. The van der Waals surface area contributed by atoms with Gasteiger partial charge < -0.3 is 10.4 Å². The van der Waals surface area contributed by atoms with Gasteiger partial charge in [-0.1, -0.05) is 0 Å². The number of phenolic OH excluding ortho intramolecular Hbond substituents is 1. The molecule has 3 fully saturated rings. The maximum atomic E-state index is 13.3. The van der Waals surface area contributed by atoms with Crippen molar-refractivity contribution >= 4 is 0 Å². The minimum absolute atomic E-state index is 0.0192. The highest BCUT2D eigenvalue weighted by Crippen LogP contribution is 2.65. The third kappa shape index (κ3) is 1.71. The van der Waals surface area contributed by atoms with Crippen molar-refractivity contribution in [2.45, 2.75) is 38.3 Å². The van der Waals surface area contributed by atoms with E-state index in [1.807, 2.05) is 6.92 Å². The molecule has 3 aliphatic carbocycles. The first-order valence-electron chi connectivity index (χ1n) is 7.39. The summed E-state index contributed by atoms with van der Waals surface area (Å²) in [6, 6.07) is 4.81. The lowest BCUT2D eigenvalue weighted by Crippen LogP contribution is -2.26. The van der Waals surface area contributed by atoms with Crippen molar-refractivity contribution in [2.24, 2.45) is 23.7 Å². The van der Waals surface area contributed by atoms with Crippen molar-refractivity contribution in [1.82, 2.24) is 5.32 Å². The normalized spacial score (nSPS) is 40.2. The van der Waals surface area contributed by atoms with Crippen LogP contribution in [0.5, 0.6) is 5.75 Å². The van der Waals surface area contributed by atoms with E-state index in [9.17, 15) is 9.50 Å². The predicted octanol–water partition coefficient (Wildman–Crippen LogP) is 3.23. The molecule has 0 aliphatic heterocycles. The van der Waals surface area contributed by atoms with Gasteiger partial charge in [-0.2, -0.15) is 0 Å². The maximum Gasteiger partial charge on any atom is 0.123 e. The van der Waals surface area contributed by atoms with Crippen LogP contribution in [0.25, 0.3) is 0 Å². The van der Waals surface area contributed by atoms with Gasteiger partial charge in [0.2, 0.25) is 0 Å². The Kier molecular flexibility index (Phi) is 2.44. The second kappa shape index (κ2) is 3.95. The monoisotopic (exact) mass is 261 g/mol. The van der Waals surface area contributed by atoms with Crippen LogP contribution in [0.15, 0.2) is 18.2 Å². The molecule has 0 aromatic heterocycles. The Hall–Kier alpha value is -1.09. The summed E-state index contributed by atoms with van der Waals surface area (Å²) in [5.41, 5.74) is 0.678. The number of nitrogens with one attached hydrogen (secondary N) is 1. The third-order valence-corrected chi connectivity index (χ3v) is 5.63. The van der Waals surface area contributed by atoms with Gasteiger partial charge in [-0.05, 0) is 68.1 Å². The van der Waals surface area contributed by atoms with Gasteiger partial charge in [0, 0.05) is 17.6 Å². The highest BCUT2D eigenvalue weighted by Gasteiger charge is 2.64. The van der Waals surface area contributed by atoms with Crippen LogP contribution in [0.1, 0.15) is 37.8 Å². The summed E-state index contributed by atoms with van der Waals surface area (Å²) in [6.07, 6.45) is 4.25. The molecule has 19 heavy (non-hydrogen) atoms. The molecule has 2 nitrogen and oxygen atoms in total. The summed E-state index contributed by atoms with van der Waals surface area (Å²) in [6.45, 7) is 2.02. The Bertz CT molecular complexity index is 501. The molecule has 3 heteroatoms. The van der Waals surface area contributed by atoms with Crippen molar-refractivity contribution in [2.75, 3.05) is 0 Å². The maximum absolute atomic E-state index is 13.3. The minimum atomic E-state index is -0.280. The van der Waals surface area contributed by atoms with E-state index in [1.54, 1.807) is 0 Å². The van der Waals surface area contributed by atoms with Crippen LogP contribution in [-0.4, -0.2) is 11.1 Å². The Morgan fingerprint density at radius 1 is 1.26 bits per heavy atom. The summed E-state index contributed by atoms with van der Waals surface area (Å²) in [4.78, 5) is 0. The zero-order valence-corrected chi connectivity index (χ0v) is 11.1. The van der Waals surface area contributed by atoms with Crippen LogP contribution in [-0.2, 0) is 0 Å². The molecule has 0 spiro atoms. The highest BCUT2D eigenvalue weighted by molar-refractivity contribution is 5.35. The van der Waals surface area contributed by atoms with Crippen LogP contribution in [0.3, 0.4) is 0 Å². The zero-order chi connectivity index (χ0) is 13.1. The summed E-state index contributed by atoms with van der Waals surface area (Å²) in [5, 5.41) is 13.5. The largest absolute Gasteiger partial charge is 0.508 e. The second-order valence-corrected chi connectivity index (χ2v) is 6.61. The molecule has 0 radical (unpaired) electrons. The van der Waals surface area contributed by atoms with Gasteiger partial charge in [-0.15, -0.1) is 0 Å². The molecule has 3 aliphatic rings. The molecule has 2 bridgehead atoms. The lowest BCUT2D eigenvalue weighted by Gasteiger charge is -2.18. The molecule has 2 N–H and O–H groups in total. The van der Waals surface area contributed by atoms with Crippen molar-refractivity contribution in [3.63, 3.8) is 0 Å². The van der Waals surface area contributed by atoms with Crippen LogP contribution >= 0.6 is 0 Å². The van der Waals surface area contributed by atoms with Crippen molar-refractivity contribution < 1.29 is 9.50 Å². The molecule has 5 atom stereocenters. The average molecular weight is 261 g/mol. The Balaban J connectivity index is 1.48. The summed E-state index contributed by atoms with van der Waals surface area (Å²) >= 11 is 0. The number of halogens is 1. The van der Waals surface area contributed by atoms with Gasteiger partial charge in [0.1, 0.15) is 11.6 Å². The average Bonchev–Trinajstić information content (AvgIpc) is 2.80. The number of rotatable bonds is 3. The predicted molar refractivity (Wildman–Crippen MR) is 71.2 cm³/mol. The van der Waals surface area contributed by atoms with E-state index in [0.29, 0.717) is 11.6 Å². The molecule has 5 unspecified atom stereocenters. The summed E-state index contributed by atoms with van der Waals surface area (Å²) in [7, 11) is 0. The van der Waals surface area contributed by atoms with Gasteiger partial charge in [0.05, 0.1) is 0 Å². The summed E-state index contributed by atoms with van der Waals surface area (Å²) < 4.78 is 13.3. The molecule has 1 aromatic carbocycles. The molecule has 0 saturated heterocycles. The van der Waals surface area contributed by atoms with Gasteiger partial charge in [0.25, 0.3) is 0 Å². The quantitative estimate of drug-likeness (QED) is 0.875. The molecule has 102 valence electrons. The van der Waals surface area contributed by atoms with E-state index in [4.69, 9.17) is 0 Å². The Morgan fingerprint density at radius 3 is 2.63 bits per heavy atom. The lowest BCUT2D eigenvalue weighted by molar-refractivity contribution is 0.415. The van der Waals surface area contributed by atoms with Crippen molar-refractivity contribution in [1.29, 1.82) is 0 Å². The number of hydrogen-bond donors (Lipinski definition) is 2. The van der Waals surface area contributed by atoms with E-state index in [-0.39, 0.29) is 17.6 Å². The fraction of sp³-hybridized carbons (Fsp3) is 0.625. The molecule has 3 saturated carbocycles. The fourth-order valence-electron chi connectivity index (χ4n) is 4.80. The van der Waals surface area contributed by atoms with E-state index < -0.39 is 0 Å². The number of benzene rings is 1. The van der Waals surface area contributed by atoms with Crippen molar-refractivity contribution in [3.8, 4) is 5.75 Å². The lowest BCUT2D eigenvalue weighted by atomic mass is 10.0.